The molecule has 1 aliphatic heterocycles. The van der Waals surface area contributed by atoms with Crippen LogP contribution in [0.3, 0.4) is 0 Å². The van der Waals surface area contributed by atoms with Gasteiger partial charge in [0.15, 0.2) is 5.82 Å². The maximum atomic E-state index is 11.9. The van der Waals surface area contributed by atoms with Crippen molar-refractivity contribution in [3.63, 3.8) is 0 Å². The smallest absolute Gasteiger partial charge is 0.287 e. The van der Waals surface area contributed by atoms with Gasteiger partial charge < -0.3 is 20.5 Å². The first-order valence-electron chi connectivity index (χ1n) is 8.96. The molecule has 3 N–H and O–H groups in total. The van der Waals surface area contributed by atoms with Crippen LogP contribution in [0.25, 0.3) is 17.1 Å². The Labute approximate surface area is 162 Å². The Morgan fingerprint density at radius 3 is 2.64 bits per heavy atom. The SMILES string of the molecule is COc1ccc(-n2c(C(N)=O)nnc2-c2cc3c(cc2O)N(C)CCC3)cc1. The Hall–Kier alpha value is -3.55. The van der Waals surface area contributed by atoms with E-state index in [1.807, 2.05) is 13.1 Å². The van der Waals surface area contributed by atoms with Crippen molar-refractivity contribution in [2.24, 2.45) is 5.73 Å². The number of ether oxygens (including phenoxy) is 1. The number of fused-ring (bicyclic) bond motifs is 1. The second kappa shape index (κ2) is 6.88. The Morgan fingerprint density at radius 1 is 1.21 bits per heavy atom. The van der Waals surface area contributed by atoms with Crippen LogP contribution in [0.2, 0.25) is 0 Å². The Morgan fingerprint density at radius 2 is 1.96 bits per heavy atom. The van der Waals surface area contributed by atoms with Crippen LogP contribution in [0.1, 0.15) is 22.6 Å². The maximum absolute atomic E-state index is 11.9. The average molecular weight is 379 g/mol. The standard InChI is InChI=1S/C20H21N5O3/c1-24-9-3-4-12-10-15(17(26)11-16(12)24)19-22-23-20(18(21)27)25(19)13-5-7-14(28-2)8-6-13/h5-8,10-11,26H,3-4,9H2,1-2H3,(H2,21,27). The van der Waals surface area contributed by atoms with E-state index in [9.17, 15) is 9.90 Å². The molecule has 144 valence electrons. The molecule has 8 heteroatoms. The van der Waals surface area contributed by atoms with Crippen molar-refractivity contribution in [3.05, 3.63) is 47.8 Å². The van der Waals surface area contributed by atoms with Crippen LogP contribution in [0.5, 0.6) is 11.5 Å². The number of amides is 1. The van der Waals surface area contributed by atoms with Gasteiger partial charge in [-0.2, -0.15) is 0 Å². The number of primary amides is 1. The lowest BCUT2D eigenvalue weighted by molar-refractivity contribution is 0.0988. The third-order valence-corrected chi connectivity index (χ3v) is 5.00. The summed E-state index contributed by atoms with van der Waals surface area (Å²) in [5.74, 6) is 0.401. The predicted octanol–water partition coefficient (Wildman–Crippen LogP) is 2.13. The maximum Gasteiger partial charge on any atom is 0.287 e. The molecule has 0 atom stereocenters. The lowest BCUT2D eigenvalue weighted by atomic mass is 9.98. The van der Waals surface area contributed by atoms with Gasteiger partial charge in [0.2, 0.25) is 5.82 Å². The van der Waals surface area contributed by atoms with E-state index in [0.717, 1.165) is 30.6 Å². The zero-order valence-electron chi connectivity index (χ0n) is 15.7. The van der Waals surface area contributed by atoms with Crippen LogP contribution in [-0.2, 0) is 6.42 Å². The summed E-state index contributed by atoms with van der Waals surface area (Å²) >= 11 is 0. The number of nitrogens with two attached hydrogens (primary N) is 1. The van der Waals surface area contributed by atoms with Gasteiger partial charge in [0, 0.05) is 31.0 Å². The molecule has 28 heavy (non-hydrogen) atoms. The van der Waals surface area contributed by atoms with E-state index in [1.165, 1.54) is 0 Å². The van der Waals surface area contributed by atoms with Gasteiger partial charge in [0.05, 0.1) is 12.7 Å². The molecule has 0 saturated carbocycles. The third-order valence-electron chi connectivity index (χ3n) is 5.00. The number of carbonyl (C=O) groups is 1. The van der Waals surface area contributed by atoms with Gasteiger partial charge in [-0.3, -0.25) is 9.36 Å². The quantitative estimate of drug-likeness (QED) is 0.719. The molecular formula is C20H21N5O3. The highest BCUT2D eigenvalue weighted by Crippen LogP contribution is 2.38. The van der Waals surface area contributed by atoms with E-state index in [4.69, 9.17) is 10.5 Å². The fraction of sp³-hybridized carbons (Fsp3) is 0.250. The van der Waals surface area contributed by atoms with Crippen LogP contribution < -0.4 is 15.4 Å². The summed E-state index contributed by atoms with van der Waals surface area (Å²) in [5, 5.41) is 18.8. The first-order chi connectivity index (χ1) is 13.5. The van der Waals surface area contributed by atoms with Crippen molar-refractivity contribution in [2.75, 3.05) is 25.6 Å². The molecule has 3 aromatic rings. The van der Waals surface area contributed by atoms with Crippen molar-refractivity contribution in [2.45, 2.75) is 12.8 Å². The van der Waals surface area contributed by atoms with E-state index in [-0.39, 0.29) is 11.6 Å². The summed E-state index contributed by atoms with van der Waals surface area (Å²) in [6, 6.07) is 10.7. The summed E-state index contributed by atoms with van der Waals surface area (Å²) in [5.41, 5.74) is 8.77. The number of aromatic hydroxyl groups is 1. The monoisotopic (exact) mass is 379 g/mol. The third kappa shape index (κ3) is 2.92. The van der Waals surface area contributed by atoms with E-state index < -0.39 is 5.91 Å². The summed E-state index contributed by atoms with van der Waals surface area (Å²) in [7, 11) is 3.58. The van der Waals surface area contributed by atoms with Crippen LogP contribution in [0, 0.1) is 0 Å². The minimum absolute atomic E-state index is 0.00518. The zero-order chi connectivity index (χ0) is 19.8. The lowest BCUT2D eigenvalue weighted by Crippen LogP contribution is -2.24. The molecule has 2 aromatic carbocycles. The van der Waals surface area contributed by atoms with Crippen molar-refractivity contribution < 1.29 is 14.6 Å². The fourth-order valence-electron chi connectivity index (χ4n) is 3.58. The molecule has 1 aromatic heterocycles. The first-order valence-corrected chi connectivity index (χ1v) is 8.96. The van der Waals surface area contributed by atoms with Gasteiger partial charge in [-0.25, -0.2) is 0 Å². The molecule has 2 heterocycles. The number of aromatic nitrogens is 3. The van der Waals surface area contributed by atoms with Gasteiger partial charge in [0.25, 0.3) is 5.91 Å². The zero-order valence-corrected chi connectivity index (χ0v) is 15.7. The number of benzene rings is 2. The van der Waals surface area contributed by atoms with Crippen molar-refractivity contribution in [3.8, 4) is 28.6 Å². The second-order valence-corrected chi connectivity index (χ2v) is 6.77. The summed E-state index contributed by atoms with van der Waals surface area (Å²) in [6.45, 7) is 0.944. The average Bonchev–Trinajstić information content (AvgIpc) is 3.13. The number of hydrogen-bond acceptors (Lipinski definition) is 6. The normalized spacial score (nSPS) is 13.3. The number of methoxy groups -OCH3 is 1. The van der Waals surface area contributed by atoms with Crippen LogP contribution in [0.15, 0.2) is 36.4 Å². The highest BCUT2D eigenvalue weighted by Gasteiger charge is 2.24. The Balaban J connectivity index is 1.90. The molecule has 0 fully saturated rings. The van der Waals surface area contributed by atoms with E-state index in [1.54, 1.807) is 42.0 Å². The van der Waals surface area contributed by atoms with Gasteiger partial charge in [0.1, 0.15) is 11.5 Å². The van der Waals surface area contributed by atoms with Gasteiger partial charge in [-0.05, 0) is 48.7 Å². The molecule has 0 bridgehead atoms. The first kappa shape index (κ1) is 17.8. The van der Waals surface area contributed by atoms with Gasteiger partial charge >= 0.3 is 0 Å². The largest absolute Gasteiger partial charge is 0.507 e. The summed E-state index contributed by atoms with van der Waals surface area (Å²) in [6.07, 6.45) is 1.94. The number of carbonyl (C=O) groups excluding carboxylic acids is 1. The van der Waals surface area contributed by atoms with E-state index in [0.29, 0.717) is 22.8 Å². The van der Waals surface area contributed by atoms with Crippen LogP contribution in [0.4, 0.5) is 5.69 Å². The number of aryl methyl sites for hydroxylation is 1. The molecule has 0 radical (unpaired) electrons. The number of phenols is 1. The number of rotatable bonds is 4. The second-order valence-electron chi connectivity index (χ2n) is 6.77. The Bertz CT molecular complexity index is 1040. The number of phenolic OH excluding ortho intramolecular Hbond substituents is 1. The fourth-order valence-corrected chi connectivity index (χ4v) is 3.58. The molecule has 0 aliphatic carbocycles. The topological polar surface area (TPSA) is 106 Å². The number of nitrogens with zero attached hydrogens (tertiary/aromatic N) is 4. The van der Waals surface area contributed by atoms with Gasteiger partial charge in [-0.15, -0.1) is 10.2 Å². The molecule has 8 nitrogen and oxygen atoms in total. The van der Waals surface area contributed by atoms with Gasteiger partial charge in [-0.1, -0.05) is 0 Å². The lowest BCUT2D eigenvalue weighted by Gasteiger charge is -2.28. The van der Waals surface area contributed by atoms with E-state index >= 15 is 0 Å². The van der Waals surface area contributed by atoms with Crippen LogP contribution >= 0.6 is 0 Å². The van der Waals surface area contributed by atoms with Crippen LogP contribution in [-0.4, -0.2) is 46.5 Å². The molecule has 0 saturated heterocycles. The highest BCUT2D eigenvalue weighted by molar-refractivity contribution is 5.91. The molecular weight excluding hydrogens is 358 g/mol. The van der Waals surface area contributed by atoms with Crippen molar-refractivity contribution >= 4 is 11.6 Å². The number of hydrogen-bond donors (Lipinski definition) is 2. The van der Waals surface area contributed by atoms with Crippen molar-refractivity contribution in [1.82, 2.24) is 14.8 Å². The molecule has 1 amide bonds. The minimum atomic E-state index is -0.702. The summed E-state index contributed by atoms with van der Waals surface area (Å²) < 4.78 is 6.75. The Kier molecular flexibility index (Phi) is 4.38. The predicted molar refractivity (Wildman–Crippen MR) is 105 cm³/mol. The molecule has 0 spiro atoms. The van der Waals surface area contributed by atoms with E-state index in [2.05, 4.69) is 15.1 Å². The highest BCUT2D eigenvalue weighted by atomic mass is 16.5. The number of anilines is 1. The summed E-state index contributed by atoms with van der Waals surface area (Å²) in [4.78, 5) is 14.0. The molecule has 4 rings (SSSR count). The molecule has 0 unspecified atom stereocenters. The van der Waals surface area contributed by atoms with Crippen molar-refractivity contribution in [1.29, 1.82) is 0 Å². The molecule has 1 aliphatic rings. The minimum Gasteiger partial charge on any atom is -0.507 e.